The maximum Gasteiger partial charge on any atom is 0.205 e. The summed E-state index contributed by atoms with van der Waals surface area (Å²) in [7, 11) is 0. The number of piperidine rings is 1. The first-order valence-corrected chi connectivity index (χ1v) is 8.83. The van der Waals surface area contributed by atoms with Gasteiger partial charge in [-0.2, -0.15) is 5.26 Å². The predicted molar refractivity (Wildman–Crippen MR) is 101 cm³/mol. The number of aromatic nitrogens is 1. The van der Waals surface area contributed by atoms with Gasteiger partial charge in [-0.15, -0.1) is 0 Å². The lowest BCUT2D eigenvalue weighted by Gasteiger charge is -2.25. The van der Waals surface area contributed by atoms with Crippen molar-refractivity contribution < 1.29 is 9.21 Å². The molecule has 26 heavy (non-hydrogen) atoms. The van der Waals surface area contributed by atoms with Gasteiger partial charge in [0.1, 0.15) is 17.4 Å². The van der Waals surface area contributed by atoms with Crippen LogP contribution in [0.3, 0.4) is 0 Å². The molecule has 4 rings (SSSR count). The fraction of sp³-hybridized carbons (Fsp3) is 0.238. The van der Waals surface area contributed by atoms with E-state index in [2.05, 4.69) is 9.88 Å². The monoisotopic (exact) mass is 345 g/mol. The first-order valence-electron chi connectivity index (χ1n) is 8.83. The molecule has 5 nitrogen and oxygen atoms in total. The van der Waals surface area contributed by atoms with Crippen molar-refractivity contribution in [1.29, 1.82) is 5.26 Å². The minimum atomic E-state index is -0.305. The first kappa shape index (κ1) is 16.2. The van der Waals surface area contributed by atoms with Gasteiger partial charge in [0.15, 0.2) is 5.88 Å². The summed E-state index contributed by atoms with van der Waals surface area (Å²) in [6.45, 7) is 1.96. The number of anilines is 1. The molecule has 1 aromatic carbocycles. The normalized spacial score (nSPS) is 15.2. The number of nitrogens with one attached hydrogen (secondary N) is 1. The van der Waals surface area contributed by atoms with Gasteiger partial charge in [-0.05, 0) is 31.4 Å². The lowest BCUT2D eigenvalue weighted by atomic mass is 10.0. The molecule has 0 saturated carbocycles. The second-order valence-electron chi connectivity index (χ2n) is 6.47. The SMILES string of the molecule is N#C/C(=C\c1ccc(N2CCCCC2)o1)C(=O)c1c[nH]c2ccccc12. The van der Waals surface area contributed by atoms with E-state index in [4.69, 9.17) is 4.42 Å². The van der Waals surface area contributed by atoms with Crippen LogP contribution in [0.2, 0.25) is 0 Å². The first-order chi connectivity index (χ1) is 12.8. The molecule has 1 aliphatic rings. The third-order valence-electron chi connectivity index (χ3n) is 4.77. The molecule has 1 N–H and O–H groups in total. The zero-order valence-corrected chi connectivity index (χ0v) is 14.4. The molecule has 3 aromatic rings. The van der Waals surface area contributed by atoms with Crippen molar-refractivity contribution in [2.45, 2.75) is 19.3 Å². The number of hydrogen-bond acceptors (Lipinski definition) is 4. The molecular formula is C21H19N3O2. The maximum atomic E-state index is 12.8. The average Bonchev–Trinajstić information content (AvgIpc) is 3.33. The van der Waals surface area contributed by atoms with E-state index in [1.165, 1.54) is 12.5 Å². The topological polar surface area (TPSA) is 73.0 Å². The second kappa shape index (κ2) is 6.93. The van der Waals surface area contributed by atoms with Crippen molar-refractivity contribution in [3.8, 4) is 6.07 Å². The van der Waals surface area contributed by atoms with Crippen molar-refractivity contribution in [3.05, 3.63) is 59.5 Å². The molecule has 0 spiro atoms. The zero-order valence-electron chi connectivity index (χ0n) is 14.4. The quantitative estimate of drug-likeness (QED) is 0.428. The van der Waals surface area contributed by atoms with Crippen molar-refractivity contribution in [2.24, 2.45) is 0 Å². The lowest BCUT2D eigenvalue weighted by Crippen LogP contribution is -2.28. The Morgan fingerprint density at radius 3 is 2.77 bits per heavy atom. The highest BCUT2D eigenvalue weighted by molar-refractivity contribution is 6.19. The Labute approximate surface area is 151 Å². The number of benzene rings is 1. The molecule has 0 bridgehead atoms. The highest BCUT2D eigenvalue weighted by Gasteiger charge is 2.18. The number of ketones is 1. The Morgan fingerprint density at radius 1 is 1.15 bits per heavy atom. The number of rotatable bonds is 4. The van der Waals surface area contributed by atoms with Crippen LogP contribution in [0.25, 0.3) is 17.0 Å². The van der Waals surface area contributed by atoms with Crippen LogP contribution in [0.5, 0.6) is 0 Å². The number of carbonyl (C=O) groups excluding carboxylic acids is 1. The summed E-state index contributed by atoms with van der Waals surface area (Å²) in [6.07, 6.45) is 6.75. The Balaban J connectivity index is 1.61. The van der Waals surface area contributed by atoms with Crippen molar-refractivity contribution in [3.63, 3.8) is 0 Å². The highest BCUT2D eigenvalue weighted by atomic mass is 16.4. The van der Waals surface area contributed by atoms with E-state index < -0.39 is 0 Å². The van der Waals surface area contributed by atoms with E-state index in [1.54, 1.807) is 6.20 Å². The molecule has 0 radical (unpaired) electrons. The number of H-pyrrole nitrogens is 1. The average molecular weight is 345 g/mol. The largest absolute Gasteiger partial charge is 0.441 e. The summed E-state index contributed by atoms with van der Waals surface area (Å²) in [5.74, 6) is 1.02. The molecule has 1 aliphatic heterocycles. The molecule has 1 saturated heterocycles. The van der Waals surface area contributed by atoms with Crippen LogP contribution in [0, 0.1) is 11.3 Å². The van der Waals surface area contributed by atoms with Crippen LogP contribution in [-0.4, -0.2) is 23.9 Å². The van der Waals surface area contributed by atoms with E-state index in [-0.39, 0.29) is 11.4 Å². The minimum Gasteiger partial charge on any atom is -0.441 e. The summed E-state index contributed by atoms with van der Waals surface area (Å²) < 4.78 is 5.85. The van der Waals surface area contributed by atoms with Crippen molar-refractivity contribution in [1.82, 2.24) is 4.98 Å². The molecule has 2 aromatic heterocycles. The van der Waals surface area contributed by atoms with E-state index in [1.807, 2.05) is 42.5 Å². The summed E-state index contributed by atoms with van der Waals surface area (Å²) >= 11 is 0. The fourth-order valence-electron chi connectivity index (χ4n) is 3.40. The highest BCUT2D eigenvalue weighted by Crippen LogP contribution is 2.25. The maximum absolute atomic E-state index is 12.8. The number of para-hydroxylation sites is 1. The Kier molecular flexibility index (Phi) is 4.32. The third kappa shape index (κ3) is 3.02. The van der Waals surface area contributed by atoms with Gasteiger partial charge in [-0.25, -0.2) is 0 Å². The Morgan fingerprint density at radius 2 is 1.96 bits per heavy atom. The Bertz CT molecular complexity index is 1010. The molecule has 0 aliphatic carbocycles. The van der Waals surface area contributed by atoms with Crippen LogP contribution in [0.4, 0.5) is 5.88 Å². The standard InChI is InChI=1S/C21H19N3O2/c22-13-15(21(25)18-14-23-19-7-3-2-6-17(18)19)12-16-8-9-20(26-16)24-10-4-1-5-11-24/h2-3,6-9,12,14,23H,1,4-5,10-11H2/b15-12+. The summed E-state index contributed by atoms with van der Waals surface area (Å²) in [4.78, 5) is 18.1. The van der Waals surface area contributed by atoms with Gasteiger partial charge < -0.3 is 14.3 Å². The number of Topliss-reactive ketones (excluding diaryl/α,β-unsaturated/α-hetero) is 1. The van der Waals surface area contributed by atoms with E-state index in [0.717, 1.165) is 42.7 Å². The van der Waals surface area contributed by atoms with Crippen LogP contribution in [0.1, 0.15) is 35.4 Å². The molecule has 130 valence electrons. The van der Waals surface area contributed by atoms with E-state index in [0.29, 0.717) is 11.3 Å². The number of hydrogen-bond donors (Lipinski definition) is 1. The summed E-state index contributed by atoms with van der Waals surface area (Å²) in [6, 6.07) is 13.3. The van der Waals surface area contributed by atoms with Gasteiger partial charge >= 0.3 is 0 Å². The van der Waals surface area contributed by atoms with Crippen LogP contribution >= 0.6 is 0 Å². The predicted octanol–water partition coefficient (Wildman–Crippen LogP) is 4.54. The van der Waals surface area contributed by atoms with Gasteiger partial charge in [0.25, 0.3) is 0 Å². The van der Waals surface area contributed by atoms with Gasteiger partial charge in [-0.1, -0.05) is 18.2 Å². The van der Waals surface area contributed by atoms with Gasteiger partial charge in [-0.3, -0.25) is 4.79 Å². The second-order valence-corrected chi connectivity index (χ2v) is 6.47. The number of furan rings is 1. The van der Waals surface area contributed by atoms with Crippen LogP contribution in [-0.2, 0) is 0 Å². The molecule has 3 heterocycles. The van der Waals surface area contributed by atoms with Crippen LogP contribution < -0.4 is 4.90 Å². The van der Waals surface area contributed by atoms with Crippen molar-refractivity contribution in [2.75, 3.05) is 18.0 Å². The number of allylic oxidation sites excluding steroid dienone is 1. The zero-order chi connectivity index (χ0) is 17.9. The number of aromatic amines is 1. The van der Waals surface area contributed by atoms with E-state index >= 15 is 0 Å². The van der Waals surface area contributed by atoms with Crippen molar-refractivity contribution >= 4 is 28.6 Å². The summed E-state index contributed by atoms with van der Waals surface area (Å²) in [5.41, 5.74) is 1.43. The smallest absolute Gasteiger partial charge is 0.205 e. The number of carbonyl (C=O) groups is 1. The molecule has 0 atom stereocenters. The molecular weight excluding hydrogens is 326 g/mol. The molecule has 1 fully saturated rings. The van der Waals surface area contributed by atoms with Crippen LogP contribution in [0.15, 0.2) is 52.6 Å². The lowest BCUT2D eigenvalue weighted by molar-refractivity contribution is 0.104. The molecule has 5 heteroatoms. The Hall–Kier alpha value is -3.26. The summed E-state index contributed by atoms with van der Waals surface area (Å²) in [5, 5.41) is 10.3. The number of fused-ring (bicyclic) bond motifs is 1. The number of nitrogens with zero attached hydrogens (tertiary/aromatic N) is 2. The number of nitriles is 1. The third-order valence-corrected chi connectivity index (χ3v) is 4.77. The van der Waals surface area contributed by atoms with E-state index in [9.17, 15) is 10.1 Å². The fourth-order valence-corrected chi connectivity index (χ4v) is 3.40. The molecule has 0 amide bonds. The minimum absolute atomic E-state index is 0.0642. The van der Waals surface area contributed by atoms with Gasteiger partial charge in [0, 0.05) is 47.9 Å². The van der Waals surface area contributed by atoms with Gasteiger partial charge in [0.2, 0.25) is 5.78 Å². The molecule has 0 unspecified atom stereocenters. The van der Waals surface area contributed by atoms with Gasteiger partial charge in [0.05, 0.1) is 0 Å².